The van der Waals surface area contributed by atoms with Crippen LogP contribution in [0.3, 0.4) is 0 Å². The van der Waals surface area contributed by atoms with Gasteiger partial charge < -0.3 is 0 Å². The smallest absolute Gasteiger partial charge is 0.166 e. The molecule has 1 unspecified atom stereocenters. The van der Waals surface area contributed by atoms with E-state index in [0.717, 1.165) is 35.5 Å². The highest BCUT2D eigenvalue weighted by Gasteiger charge is 2.33. The first-order valence-corrected chi connectivity index (χ1v) is 10.0. The minimum atomic E-state index is 0.283. The van der Waals surface area contributed by atoms with Crippen molar-refractivity contribution in [3.63, 3.8) is 0 Å². The summed E-state index contributed by atoms with van der Waals surface area (Å²) in [6.45, 7) is 13.2. The highest BCUT2D eigenvalue weighted by atomic mass is 16.1. The van der Waals surface area contributed by atoms with Gasteiger partial charge in [0, 0.05) is 6.42 Å². The molecule has 0 saturated carbocycles. The Morgan fingerprint density at radius 3 is 2.23 bits per heavy atom. The molecule has 1 aromatic heterocycles. The monoisotopic (exact) mass is 352 g/mol. The molecular formula is C23H32N2O. The molecule has 0 bridgehead atoms. The van der Waals surface area contributed by atoms with Gasteiger partial charge in [-0.2, -0.15) is 5.10 Å². The molecule has 0 radical (unpaired) electrons. The van der Waals surface area contributed by atoms with E-state index >= 15 is 0 Å². The van der Waals surface area contributed by atoms with Gasteiger partial charge >= 0.3 is 0 Å². The van der Waals surface area contributed by atoms with Crippen LogP contribution in [-0.4, -0.2) is 15.6 Å². The van der Waals surface area contributed by atoms with Gasteiger partial charge in [0.25, 0.3) is 0 Å². The number of aromatic nitrogens is 2. The molecule has 3 rings (SSSR count). The number of fused-ring (bicyclic) bond motifs is 1. The van der Waals surface area contributed by atoms with E-state index < -0.39 is 0 Å². The lowest BCUT2D eigenvalue weighted by atomic mass is 9.79. The quantitative estimate of drug-likeness (QED) is 0.702. The minimum absolute atomic E-state index is 0.283. The van der Waals surface area contributed by atoms with Crippen LogP contribution < -0.4 is 0 Å². The second-order valence-corrected chi connectivity index (χ2v) is 8.86. The molecule has 0 fully saturated rings. The Bertz CT molecular complexity index is 781. The van der Waals surface area contributed by atoms with E-state index in [4.69, 9.17) is 5.10 Å². The van der Waals surface area contributed by atoms with Crippen molar-refractivity contribution in [3.05, 3.63) is 46.8 Å². The molecule has 3 nitrogen and oxygen atoms in total. The van der Waals surface area contributed by atoms with E-state index in [1.54, 1.807) is 0 Å². The summed E-state index contributed by atoms with van der Waals surface area (Å²) in [6.07, 6.45) is 2.46. The first kappa shape index (κ1) is 18.9. The SMILES string of the molecule is CC(C)Cc1nn(-c2ccc(C(C)C)cc2)c2c1C(=O)CC(C(C)C)C2. The first-order chi connectivity index (χ1) is 12.3. The van der Waals surface area contributed by atoms with Crippen LogP contribution in [0, 0.1) is 17.8 Å². The average molecular weight is 353 g/mol. The van der Waals surface area contributed by atoms with Gasteiger partial charge in [0.2, 0.25) is 0 Å². The largest absolute Gasteiger partial charge is 0.294 e. The number of carbonyl (C=O) groups is 1. The van der Waals surface area contributed by atoms with Gasteiger partial charge in [0.15, 0.2) is 5.78 Å². The van der Waals surface area contributed by atoms with Crippen LogP contribution >= 0.6 is 0 Å². The van der Waals surface area contributed by atoms with Crippen LogP contribution in [0.15, 0.2) is 24.3 Å². The molecule has 3 heteroatoms. The number of hydrogen-bond donors (Lipinski definition) is 0. The number of benzene rings is 1. The van der Waals surface area contributed by atoms with Gasteiger partial charge in [-0.1, -0.05) is 53.7 Å². The summed E-state index contributed by atoms with van der Waals surface area (Å²) in [7, 11) is 0. The van der Waals surface area contributed by atoms with E-state index in [9.17, 15) is 4.79 Å². The third kappa shape index (κ3) is 3.62. The summed E-state index contributed by atoms with van der Waals surface area (Å²) in [5, 5.41) is 4.92. The first-order valence-electron chi connectivity index (χ1n) is 10.0. The molecule has 1 heterocycles. The standard InChI is InChI=1S/C23H32N2O/c1-14(2)11-20-23-21(12-18(16(5)6)13-22(23)26)25(24-20)19-9-7-17(8-10-19)15(3)4/h7-10,14-16,18H,11-13H2,1-6H3. The van der Waals surface area contributed by atoms with Crippen molar-refractivity contribution in [2.75, 3.05) is 0 Å². The number of hydrogen-bond acceptors (Lipinski definition) is 2. The van der Waals surface area contributed by atoms with Gasteiger partial charge in [-0.15, -0.1) is 0 Å². The second kappa shape index (κ2) is 7.38. The number of nitrogens with zero attached hydrogens (tertiary/aromatic N) is 2. The number of ketones is 1. The highest BCUT2D eigenvalue weighted by Crippen LogP contribution is 2.34. The zero-order chi connectivity index (χ0) is 19.0. The zero-order valence-corrected chi connectivity index (χ0v) is 17.0. The molecule has 0 N–H and O–H groups in total. The van der Waals surface area contributed by atoms with Crippen molar-refractivity contribution in [1.82, 2.24) is 9.78 Å². The number of rotatable bonds is 5. The highest BCUT2D eigenvalue weighted by molar-refractivity contribution is 5.99. The molecule has 0 spiro atoms. The Kier molecular flexibility index (Phi) is 5.36. The lowest BCUT2D eigenvalue weighted by Gasteiger charge is -2.25. The Balaban J connectivity index is 2.09. The van der Waals surface area contributed by atoms with E-state index in [-0.39, 0.29) is 5.78 Å². The fourth-order valence-electron chi connectivity index (χ4n) is 3.89. The fourth-order valence-corrected chi connectivity index (χ4v) is 3.89. The van der Waals surface area contributed by atoms with Crippen molar-refractivity contribution >= 4 is 5.78 Å². The van der Waals surface area contributed by atoms with E-state index in [1.165, 1.54) is 5.56 Å². The minimum Gasteiger partial charge on any atom is -0.294 e. The van der Waals surface area contributed by atoms with Crippen molar-refractivity contribution < 1.29 is 4.79 Å². The van der Waals surface area contributed by atoms with E-state index in [0.29, 0.717) is 30.1 Å². The maximum Gasteiger partial charge on any atom is 0.166 e. The predicted octanol–water partition coefficient (Wildman–Crippen LogP) is 5.60. The van der Waals surface area contributed by atoms with Crippen LogP contribution in [0.2, 0.25) is 0 Å². The third-order valence-corrected chi connectivity index (χ3v) is 5.58. The van der Waals surface area contributed by atoms with Crippen LogP contribution in [0.1, 0.15) is 81.2 Å². The molecule has 2 aromatic rings. The fraction of sp³-hybridized carbons (Fsp3) is 0.565. The summed E-state index contributed by atoms with van der Waals surface area (Å²) in [5.74, 6) is 2.20. The van der Waals surface area contributed by atoms with Gasteiger partial charge in [-0.3, -0.25) is 4.79 Å². The summed E-state index contributed by atoms with van der Waals surface area (Å²) in [5.41, 5.74) is 5.40. The molecule has 0 amide bonds. The molecule has 0 aliphatic heterocycles. The summed E-state index contributed by atoms with van der Waals surface area (Å²) in [6, 6.07) is 8.65. The van der Waals surface area contributed by atoms with Crippen molar-refractivity contribution in [2.45, 2.75) is 66.7 Å². The van der Waals surface area contributed by atoms with Crippen LogP contribution in [-0.2, 0) is 12.8 Å². The van der Waals surface area contributed by atoms with E-state index in [1.807, 2.05) is 4.68 Å². The lowest BCUT2D eigenvalue weighted by molar-refractivity contribution is 0.0931. The Morgan fingerprint density at radius 2 is 1.69 bits per heavy atom. The molecule has 140 valence electrons. The predicted molar refractivity (Wildman–Crippen MR) is 107 cm³/mol. The lowest BCUT2D eigenvalue weighted by Crippen LogP contribution is -2.25. The van der Waals surface area contributed by atoms with E-state index in [2.05, 4.69) is 65.8 Å². The molecule has 0 saturated heterocycles. The molecule has 1 aromatic carbocycles. The molecule has 1 aliphatic rings. The maximum absolute atomic E-state index is 12.9. The molecular weight excluding hydrogens is 320 g/mol. The van der Waals surface area contributed by atoms with Gasteiger partial charge in [0.05, 0.1) is 22.6 Å². The number of carbonyl (C=O) groups excluding carboxylic acids is 1. The van der Waals surface area contributed by atoms with Gasteiger partial charge in [-0.05, 0) is 54.2 Å². The number of Topliss-reactive ketones (excluding diaryl/α,β-unsaturated/α-hetero) is 1. The molecule has 26 heavy (non-hydrogen) atoms. The normalized spacial score (nSPS) is 17.4. The second-order valence-electron chi connectivity index (χ2n) is 8.86. The van der Waals surface area contributed by atoms with Crippen LogP contribution in [0.25, 0.3) is 5.69 Å². The van der Waals surface area contributed by atoms with Crippen LogP contribution in [0.4, 0.5) is 0 Å². The van der Waals surface area contributed by atoms with Crippen molar-refractivity contribution in [3.8, 4) is 5.69 Å². The van der Waals surface area contributed by atoms with Crippen LogP contribution in [0.5, 0.6) is 0 Å². The summed E-state index contributed by atoms with van der Waals surface area (Å²) < 4.78 is 2.05. The molecule has 1 aliphatic carbocycles. The van der Waals surface area contributed by atoms with Gasteiger partial charge in [-0.25, -0.2) is 4.68 Å². The Morgan fingerprint density at radius 1 is 1.04 bits per heavy atom. The van der Waals surface area contributed by atoms with Crippen molar-refractivity contribution in [1.29, 1.82) is 0 Å². The average Bonchev–Trinajstić information content (AvgIpc) is 2.93. The topological polar surface area (TPSA) is 34.9 Å². The maximum atomic E-state index is 12.9. The third-order valence-electron chi connectivity index (χ3n) is 5.58. The summed E-state index contributed by atoms with van der Waals surface area (Å²) in [4.78, 5) is 12.9. The summed E-state index contributed by atoms with van der Waals surface area (Å²) >= 11 is 0. The Hall–Kier alpha value is -1.90. The zero-order valence-electron chi connectivity index (χ0n) is 17.0. The molecule has 1 atom stereocenters. The van der Waals surface area contributed by atoms with Crippen molar-refractivity contribution in [2.24, 2.45) is 17.8 Å². The Labute approximate surface area is 157 Å². The van der Waals surface area contributed by atoms with Gasteiger partial charge in [0.1, 0.15) is 0 Å².